The predicted molar refractivity (Wildman–Crippen MR) is 79.3 cm³/mol. The lowest BCUT2D eigenvalue weighted by atomic mass is 9.43. The molecule has 5 nitrogen and oxygen atoms in total. The lowest BCUT2D eigenvalue weighted by Crippen LogP contribution is -2.65. The van der Waals surface area contributed by atoms with E-state index in [0.717, 1.165) is 12.3 Å². The molecule has 0 amide bonds. The van der Waals surface area contributed by atoms with Crippen LogP contribution in [-0.4, -0.2) is 37.8 Å². The van der Waals surface area contributed by atoms with Crippen LogP contribution in [0.1, 0.15) is 46.5 Å². The number of esters is 1. The highest BCUT2D eigenvalue weighted by molar-refractivity contribution is 6.47. The number of carbonyl (C=O) groups is 1. The molecule has 0 spiro atoms. The first kappa shape index (κ1) is 15.3. The van der Waals surface area contributed by atoms with Crippen molar-refractivity contribution in [3.8, 4) is 0 Å². The molecule has 4 unspecified atom stereocenters. The number of hydrogen-bond donors (Lipinski definition) is 1. The van der Waals surface area contributed by atoms with Gasteiger partial charge in [0.1, 0.15) is 0 Å². The van der Waals surface area contributed by atoms with Gasteiger partial charge in [-0.05, 0) is 43.4 Å². The Morgan fingerprint density at radius 1 is 1.43 bits per heavy atom. The van der Waals surface area contributed by atoms with Crippen LogP contribution in [0.2, 0.25) is 0 Å². The van der Waals surface area contributed by atoms with Gasteiger partial charge in [-0.1, -0.05) is 13.8 Å². The van der Waals surface area contributed by atoms with Gasteiger partial charge < -0.3 is 19.8 Å². The summed E-state index contributed by atoms with van der Waals surface area (Å²) in [6.07, 6.45) is 3.26. The molecule has 0 aromatic carbocycles. The van der Waals surface area contributed by atoms with Crippen molar-refractivity contribution in [3.05, 3.63) is 0 Å². The zero-order chi connectivity index (χ0) is 15.4. The van der Waals surface area contributed by atoms with Gasteiger partial charge in [0.05, 0.1) is 18.8 Å². The van der Waals surface area contributed by atoms with Gasteiger partial charge >= 0.3 is 13.1 Å². The summed E-state index contributed by atoms with van der Waals surface area (Å²) in [4.78, 5) is 11.2. The number of hydrogen-bond acceptors (Lipinski definition) is 5. The molecule has 5 atom stereocenters. The fraction of sp³-hybridized carbons (Fsp3) is 0.933. The molecular formula is C15H26BNO4. The minimum absolute atomic E-state index is 0.142. The van der Waals surface area contributed by atoms with E-state index in [1.165, 1.54) is 13.5 Å². The lowest BCUT2D eigenvalue weighted by Gasteiger charge is -2.64. The van der Waals surface area contributed by atoms with Crippen LogP contribution in [0.4, 0.5) is 0 Å². The molecule has 118 valence electrons. The molecule has 1 heterocycles. The maximum Gasteiger partial charge on any atom is 0.475 e. The molecule has 21 heavy (non-hydrogen) atoms. The Labute approximate surface area is 127 Å². The van der Waals surface area contributed by atoms with Gasteiger partial charge in [0.2, 0.25) is 0 Å². The summed E-state index contributed by atoms with van der Waals surface area (Å²) in [6.45, 7) is 6.84. The van der Waals surface area contributed by atoms with Crippen LogP contribution in [0.3, 0.4) is 0 Å². The van der Waals surface area contributed by atoms with Crippen molar-refractivity contribution >= 4 is 13.1 Å². The standard InChI is InChI=1S/C15H26BNO4/c1-14(2)9-7-10(14)15(3)11(8-9)20-16(21-15)12(17)5-6-13(18)19-4/h9-12H,5-8,17H2,1-4H3/t9?,10?,11?,12?,15-/m0/s1. The van der Waals surface area contributed by atoms with Crippen LogP contribution in [0, 0.1) is 17.3 Å². The molecule has 6 heteroatoms. The average molecular weight is 295 g/mol. The van der Waals surface area contributed by atoms with E-state index < -0.39 is 7.12 Å². The maximum absolute atomic E-state index is 11.2. The smallest absolute Gasteiger partial charge is 0.469 e. The third-order valence-corrected chi connectivity index (χ3v) is 6.23. The van der Waals surface area contributed by atoms with Crippen LogP contribution in [0.15, 0.2) is 0 Å². The summed E-state index contributed by atoms with van der Waals surface area (Å²) >= 11 is 0. The van der Waals surface area contributed by atoms with Crippen LogP contribution in [-0.2, 0) is 18.8 Å². The van der Waals surface area contributed by atoms with Crippen LogP contribution in [0.25, 0.3) is 0 Å². The Bertz CT molecular complexity index is 443. The predicted octanol–water partition coefficient (Wildman–Crippen LogP) is 1.53. The van der Waals surface area contributed by atoms with E-state index in [1.54, 1.807) is 0 Å². The Kier molecular flexibility index (Phi) is 3.62. The van der Waals surface area contributed by atoms with Crippen LogP contribution >= 0.6 is 0 Å². The normalized spacial score (nSPS) is 41.2. The van der Waals surface area contributed by atoms with Crippen molar-refractivity contribution in [3.63, 3.8) is 0 Å². The molecule has 0 aromatic heterocycles. The topological polar surface area (TPSA) is 70.8 Å². The van der Waals surface area contributed by atoms with Gasteiger partial charge in [-0.25, -0.2) is 0 Å². The van der Waals surface area contributed by atoms with E-state index in [0.29, 0.717) is 24.2 Å². The summed E-state index contributed by atoms with van der Waals surface area (Å²) in [6, 6.07) is 0. The fourth-order valence-electron chi connectivity index (χ4n) is 4.61. The van der Waals surface area contributed by atoms with Crippen molar-refractivity contribution < 1.29 is 18.8 Å². The monoisotopic (exact) mass is 295 g/mol. The van der Waals surface area contributed by atoms with Gasteiger partial charge in [-0.15, -0.1) is 0 Å². The second-order valence-electron chi connectivity index (χ2n) is 7.62. The number of nitrogens with two attached hydrogens (primary N) is 1. The third kappa shape index (κ3) is 2.23. The van der Waals surface area contributed by atoms with E-state index in [2.05, 4.69) is 25.5 Å². The number of ether oxygens (including phenoxy) is 1. The van der Waals surface area contributed by atoms with Crippen molar-refractivity contribution in [2.45, 2.75) is 64.1 Å². The van der Waals surface area contributed by atoms with E-state index in [4.69, 9.17) is 15.0 Å². The fourth-order valence-corrected chi connectivity index (χ4v) is 4.61. The molecule has 2 N–H and O–H groups in total. The number of methoxy groups -OCH3 is 1. The molecule has 0 radical (unpaired) electrons. The first-order valence-corrected chi connectivity index (χ1v) is 7.94. The minimum atomic E-state index is -0.403. The quantitative estimate of drug-likeness (QED) is 0.629. The molecule has 0 aromatic rings. The van der Waals surface area contributed by atoms with E-state index in [9.17, 15) is 4.79 Å². The summed E-state index contributed by atoms with van der Waals surface area (Å²) < 4.78 is 17.0. The SMILES string of the molecule is COC(=O)CCC(N)B1OC2CC3CC(C3(C)C)[C@]2(C)O1. The van der Waals surface area contributed by atoms with Crippen LogP contribution in [0.5, 0.6) is 0 Å². The highest BCUT2D eigenvalue weighted by Crippen LogP contribution is 2.65. The van der Waals surface area contributed by atoms with Gasteiger partial charge in [0.15, 0.2) is 0 Å². The highest BCUT2D eigenvalue weighted by atomic mass is 16.7. The molecule has 1 saturated heterocycles. The van der Waals surface area contributed by atoms with Crippen molar-refractivity contribution in [1.82, 2.24) is 0 Å². The Hall–Kier alpha value is -0.585. The summed E-state index contributed by atoms with van der Waals surface area (Å²) in [7, 11) is 0.987. The van der Waals surface area contributed by atoms with Crippen molar-refractivity contribution in [2.75, 3.05) is 7.11 Å². The largest absolute Gasteiger partial charge is 0.475 e. The van der Waals surface area contributed by atoms with Crippen LogP contribution < -0.4 is 5.73 Å². The zero-order valence-corrected chi connectivity index (χ0v) is 13.4. The zero-order valence-electron chi connectivity index (χ0n) is 13.4. The summed E-state index contributed by atoms with van der Waals surface area (Å²) in [5.41, 5.74) is 6.27. The third-order valence-electron chi connectivity index (χ3n) is 6.23. The summed E-state index contributed by atoms with van der Waals surface area (Å²) in [5, 5.41) is 0. The van der Waals surface area contributed by atoms with Gasteiger partial charge in [-0.3, -0.25) is 4.79 Å². The molecule has 4 aliphatic rings. The Morgan fingerprint density at radius 3 is 2.76 bits per heavy atom. The molecule has 3 saturated carbocycles. The maximum atomic E-state index is 11.2. The number of rotatable bonds is 4. The van der Waals surface area contributed by atoms with Crippen molar-refractivity contribution in [1.29, 1.82) is 0 Å². The molecular weight excluding hydrogens is 269 g/mol. The second kappa shape index (κ2) is 4.96. The first-order valence-electron chi connectivity index (χ1n) is 7.94. The van der Waals surface area contributed by atoms with Gasteiger partial charge in [-0.2, -0.15) is 0 Å². The Balaban J connectivity index is 1.63. The van der Waals surface area contributed by atoms with Gasteiger partial charge in [0, 0.05) is 12.4 Å². The van der Waals surface area contributed by atoms with Crippen molar-refractivity contribution in [2.24, 2.45) is 23.0 Å². The molecule has 3 aliphatic carbocycles. The van der Waals surface area contributed by atoms with E-state index >= 15 is 0 Å². The Morgan fingerprint density at radius 2 is 2.14 bits per heavy atom. The van der Waals surface area contributed by atoms with E-state index in [-0.39, 0.29) is 23.6 Å². The molecule has 2 bridgehead atoms. The summed E-state index contributed by atoms with van der Waals surface area (Å²) in [5.74, 6) is 0.739. The van der Waals surface area contributed by atoms with E-state index in [1.807, 2.05) is 0 Å². The minimum Gasteiger partial charge on any atom is -0.469 e. The first-order chi connectivity index (χ1) is 9.79. The lowest BCUT2D eigenvalue weighted by molar-refractivity contribution is -0.199. The molecule has 1 aliphatic heterocycles. The average Bonchev–Trinajstić information content (AvgIpc) is 2.80. The highest BCUT2D eigenvalue weighted by Gasteiger charge is 2.68. The molecule has 4 fully saturated rings. The second-order valence-corrected chi connectivity index (χ2v) is 7.62. The number of carbonyl (C=O) groups excluding carboxylic acids is 1. The molecule has 4 rings (SSSR count). The van der Waals surface area contributed by atoms with Gasteiger partial charge in [0.25, 0.3) is 0 Å².